The van der Waals surface area contributed by atoms with Crippen molar-refractivity contribution in [2.75, 3.05) is 26.3 Å². The fourth-order valence-electron chi connectivity index (χ4n) is 2.42. The number of morpholine rings is 1. The van der Waals surface area contributed by atoms with E-state index in [1.807, 2.05) is 11.2 Å². The molecule has 0 radical (unpaired) electrons. The number of ether oxygens (including phenoxy) is 1. The summed E-state index contributed by atoms with van der Waals surface area (Å²) < 4.78 is 49.6. The number of alkyl halides is 3. The Morgan fingerprint density at radius 1 is 1.39 bits per heavy atom. The molecule has 0 saturated carbocycles. The number of hydrogen-bond donors (Lipinski definition) is 0. The smallest absolute Gasteiger partial charge is 0.378 e. The van der Waals surface area contributed by atoms with Gasteiger partial charge in [-0.25, -0.2) is 8.61 Å². The third-order valence-corrected chi connectivity index (χ3v) is 5.29. The lowest BCUT2D eigenvalue weighted by Crippen LogP contribution is -2.44. The van der Waals surface area contributed by atoms with E-state index in [0.717, 1.165) is 12.1 Å². The van der Waals surface area contributed by atoms with Gasteiger partial charge in [0.25, 0.3) is 0 Å². The van der Waals surface area contributed by atoms with Crippen LogP contribution in [0.5, 0.6) is 0 Å². The van der Waals surface area contributed by atoms with Crippen molar-refractivity contribution < 1.29 is 17.9 Å². The van der Waals surface area contributed by atoms with Crippen LogP contribution in [0.25, 0.3) is 0 Å². The first-order chi connectivity index (χ1) is 10.8. The van der Waals surface area contributed by atoms with E-state index in [2.05, 4.69) is 0 Å². The SMILES string of the molecule is CCN(SN1CCOC[C@H]1C)[C@H](c1ccc(Cl)cc1)C(F)(F)F. The standard InChI is InChI=1S/C15H20ClF3N2OS/c1-3-20(23-21-8-9-22-10-11(21)2)14(15(17,18)19)12-4-6-13(16)7-5-12/h4-7,11,14H,3,8-10H2,1-2H3/t11-,14-/m1/s1. The fraction of sp³-hybridized carbons (Fsp3) is 0.600. The summed E-state index contributed by atoms with van der Waals surface area (Å²) in [6.45, 7) is 5.61. The molecule has 130 valence electrons. The summed E-state index contributed by atoms with van der Waals surface area (Å²) in [6, 6.07) is 4.25. The van der Waals surface area contributed by atoms with Gasteiger partial charge in [0, 0.05) is 36.3 Å². The Morgan fingerprint density at radius 2 is 2.04 bits per heavy atom. The Hall–Kier alpha value is -0.470. The fourth-order valence-corrected chi connectivity index (χ4v) is 3.64. The van der Waals surface area contributed by atoms with Gasteiger partial charge in [0.1, 0.15) is 6.04 Å². The Bertz CT molecular complexity index is 500. The molecule has 0 aromatic heterocycles. The predicted molar refractivity (Wildman–Crippen MR) is 87.2 cm³/mol. The number of halogens is 4. The van der Waals surface area contributed by atoms with Crippen LogP contribution in [0.3, 0.4) is 0 Å². The predicted octanol–water partition coefficient (Wildman–Crippen LogP) is 4.55. The van der Waals surface area contributed by atoms with Gasteiger partial charge in [0.05, 0.1) is 13.2 Å². The van der Waals surface area contributed by atoms with Gasteiger partial charge in [0.15, 0.2) is 0 Å². The van der Waals surface area contributed by atoms with Gasteiger partial charge in [-0.1, -0.05) is 30.7 Å². The average Bonchev–Trinajstić information content (AvgIpc) is 2.49. The third-order valence-electron chi connectivity index (χ3n) is 3.61. The summed E-state index contributed by atoms with van der Waals surface area (Å²) in [5.74, 6) is 0. The third kappa shape index (κ3) is 5.00. The highest BCUT2D eigenvalue weighted by atomic mass is 35.5. The van der Waals surface area contributed by atoms with E-state index in [4.69, 9.17) is 16.3 Å². The molecular formula is C15H20ClF3N2OS. The Labute approximate surface area is 144 Å². The zero-order valence-electron chi connectivity index (χ0n) is 13.0. The lowest BCUT2D eigenvalue weighted by molar-refractivity contribution is -0.172. The monoisotopic (exact) mass is 368 g/mol. The summed E-state index contributed by atoms with van der Waals surface area (Å²) in [6.07, 6.45) is -4.37. The van der Waals surface area contributed by atoms with Gasteiger partial charge in [-0.2, -0.15) is 13.2 Å². The van der Waals surface area contributed by atoms with E-state index < -0.39 is 12.2 Å². The lowest BCUT2D eigenvalue weighted by Gasteiger charge is -2.38. The zero-order chi connectivity index (χ0) is 17.0. The van der Waals surface area contributed by atoms with Crippen molar-refractivity contribution in [2.45, 2.75) is 32.1 Å². The molecule has 1 aromatic rings. The van der Waals surface area contributed by atoms with E-state index in [1.54, 1.807) is 6.92 Å². The molecule has 2 rings (SSSR count). The molecule has 3 nitrogen and oxygen atoms in total. The Morgan fingerprint density at radius 3 is 2.57 bits per heavy atom. The quantitative estimate of drug-likeness (QED) is 0.708. The zero-order valence-corrected chi connectivity index (χ0v) is 14.6. The number of rotatable bonds is 5. The molecule has 1 aromatic carbocycles. The first kappa shape index (κ1) is 18.9. The molecule has 2 atom stereocenters. The minimum Gasteiger partial charge on any atom is -0.378 e. The van der Waals surface area contributed by atoms with E-state index in [0.29, 0.717) is 24.8 Å². The summed E-state index contributed by atoms with van der Waals surface area (Å²) in [5.41, 5.74) is 0.192. The van der Waals surface area contributed by atoms with Gasteiger partial charge in [-0.3, -0.25) is 0 Å². The second kappa shape index (κ2) is 8.07. The normalized spacial score (nSPS) is 21.6. The highest BCUT2D eigenvalue weighted by Gasteiger charge is 2.45. The van der Waals surface area contributed by atoms with Crippen LogP contribution in [0, 0.1) is 0 Å². The highest BCUT2D eigenvalue weighted by Crippen LogP contribution is 2.42. The molecule has 0 amide bonds. The summed E-state index contributed by atoms with van der Waals surface area (Å²) >= 11 is 6.94. The van der Waals surface area contributed by atoms with Gasteiger partial charge in [-0.15, -0.1) is 0 Å². The van der Waals surface area contributed by atoms with E-state index in [-0.39, 0.29) is 18.2 Å². The molecule has 0 spiro atoms. The molecule has 1 aliphatic heterocycles. The molecule has 0 bridgehead atoms. The average molecular weight is 369 g/mol. The minimum absolute atomic E-state index is 0.0712. The van der Waals surface area contributed by atoms with Crippen molar-refractivity contribution in [2.24, 2.45) is 0 Å². The maximum Gasteiger partial charge on any atom is 0.409 e. The maximum absolute atomic E-state index is 13.7. The van der Waals surface area contributed by atoms with E-state index in [9.17, 15) is 13.2 Å². The van der Waals surface area contributed by atoms with Crippen molar-refractivity contribution >= 4 is 23.7 Å². The van der Waals surface area contributed by atoms with Crippen molar-refractivity contribution in [3.05, 3.63) is 34.9 Å². The van der Waals surface area contributed by atoms with Gasteiger partial charge in [0.2, 0.25) is 0 Å². The molecule has 23 heavy (non-hydrogen) atoms. The number of benzene rings is 1. The second-order valence-electron chi connectivity index (χ2n) is 5.38. The van der Waals surface area contributed by atoms with Crippen molar-refractivity contribution in [3.63, 3.8) is 0 Å². The van der Waals surface area contributed by atoms with Crippen molar-refractivity contribution in [1.82, 2.24) is 8.61 Å². The van der Waals surface area contributed by atoms with Crippen molar-refractivity contribution in [1.29, 1.82) is 0 Å². The molecule has 1 saturated heterocycles. The molecule has 1 fully saturated rings. The molecule has 1 aliphatic rings. The van der Waals surface area contributed by atoms with Crippen LogP contribution in [0.4, 0.5) is 13.2 Å². The summed E-state index contributed by atoms with van der Waals surface area (Å²) in [4.78, 5) is 0. The topological polar surface area (TPSA) is 15.7 Å². The first-order valence-electron chi connectivity index (χ1n) is 7.44. The van der Waals surface area contributed by atoms with Gasteiger partial charge >= 0.3 is 6.18 Å². The van der Waals surface area contributed by atoms with Crippen LogP contribution < -0.4 is 0 Å². The molecular weight excluding hydrogens is 349 g/mol. The summed E-state index contributed by atoms with van der Waals surface area (Å²) in [5, 5.41) is 0.423. The minimum atomic E-state index is -4.37. The van der Waals surface area contributed by atoms with Crippen LogP contribution in [0.1, 0.15) is 25.5 Å². The van der Waals surface area contributed by atoms with Crippen LogP contribution in [0.2, 0.25) is 5.02 Å². The number of nitrogens with zero attached hydrogens (tertiary/aromatic N) is 2. The second-order valence-corrected chi connectivity index (χ2v) is 6.91. The maximum atomic E-state index is 13.7. The Kier molecular flexibility index (Phi) is 6.62. The van der Waals surface area contributed by atoms with Gasteiger partial charge < -0.3 is 4.74 Å². The lowest BCUT2D eigenvalue weighted by atomic mass is 10.1. The Balaban J connectivity index is 2.23. The van der Waals surface area contributed by atoms with Crippen LogP contribution in [-0.4, -0.2) is 47.1 Å². The summed E-state index contributed by atoms with van der Waals surface area (Å²) in [7, 11) is 0. The molecule has 1 heterocycles. The highest BCUT2D eigenvalue weighted by molar-refractivity contribution is 7.94. The molecule has 0 aliphatic carbocycles. The molecule has 0 unspecified atom stereocenters. The van der Waals surface area contributed by atoms with Gasteiger partial charge in [-0.05, 0) is 24.6 Å². The van der Waals surface area contributed by atoms with E-state index in [1.165, 1.54) is 28.6 Å². The first-order valence-corrected chi connectivity index (χ1v) is 8.55. The van der Waals surface area contributed by atoms with Crippen molar-refractivity contribution in [3.8, 4) is 0 Å². The van der Waals surface area contributed by atoms with Crippen LogP contribution in [-0.2, 0) is 4.74 Å². The van der Waals surface area contributed by atoms with Crippen LogP contribution >= 0.6 is 23.7 Å². The molecule has 0 N–H and O–H groups in total. The van der Waals surface area contributed by atoms with Crippen LogP contribution in [0.15, 0.2) is 24.3 Å². The number of hydrogen-bond acceptors (Lipinski definition) is 4. The molecule has 8 heteroatoms. The van der Waals surface area contributed by atoms with E-state index >= 15 is 0 Å². The largest absolute Gasteiger partial charge is 0.409 e.